The van der Waals surface area contributed by atoms with E-state index in [0.717, 1.165) is 18.5 Å². The summed E-state index contributed by atoms with van der Waals surface area (Å²) < 4.78 is 30.8. The molecule has 0 aliphatic heterocycles. The Morgan fingerprint density at radius 2 is 2.06 bits per heavy atom. The van der Waals surface area contributed by atoms with Crippen molar-refractivity contribution >= 4 is 15.7 Å². The molecule has 0 radical (unpaired) electrons. The largest absolute Gasteiger partial charge is 0.382 e. The number of hydrogen-bond acceptors (Lipinski definition) is 4. The Morgan fingerprint density at radius 3 is 2.67 bits per heavy atom. The smallest absolute Gasteiger partial charge is 0.240 e. The van der Waals surface area contributed by atoms with Crippen LogP contribution in [0.2, 0.25) is 0 Å². The molecule has 0 unspecified atom stereocenters. The van der Waals surface area contributed by atoms with Gasteiger partial charge in [-0.05, 0) is 38.1 Å². The van der Waals surface area contributed by atoms with E-state index in [1.165, 1.54) is 7.05 Å². The van der Waals surface area contributed by atoms with Crippen LogP contribution in [0.25, 0.3) is 0 Å². The molecule has 0 spiro atoms. The Balaban J connectivity index is 2.05. The van der Waals surface area contributed by atoms with Crippen LogP contribution in [0.4, 0.5) is 5.69 Å². The van der Waals surface area contributed by atoms with Crippen molar-refractivity contribution in [1.29, 1.82) is 0 Å². The maximum absolute atomic E-state index is 11.7. The molecule has 1 aromatic carbocycles. The van der Waals surface area contributed by atoms with Gasteiger partial charge >= 0.3 is 0 Å². The molecule has 1 aliphatic carbocycles. The lowest BCUT2D eigenvalue weighted by atomic mass is 9.89. The van der Waals surface area contributed by atoms with Crippen LogP contribution in [0.5, 0.6) is 0 Å². The van der Waals surface area contributed by atoms with Crippen LogP contribution >= 0.6 is 0 Å². The van der Waals surface area contributed by atoms with Gasteiger partial charge in [-0.1, -0.05) is 6.07 Å². The van der Waals surface area contributed by atoms with Gasteiger partial charge in [0.1, 0.15) is 0 Å². The summed E-state index contributed by atoms with van der Waals surface area (Å²) in [5, 5.41) is 3.31. The van der Waals surface area contributed by atoms with Gasteiger partial charge in [-0.15, -0.1) is 0 Å². The predicted molar refractivity (Wildman–Crippen MR) is 70.1 cm³/mol. The monoisotopic (exact) mass is 270 g/mol. The molecule has 2 rings (SSSR count). The lowest BCUT2D eigenvalue weighted by Crippen LogP contribution is -2.40. The van der Waals surface area contributed by atoms with Crippen LogP contribution in [0.3, 0.4) is 0 Å². The highest BCUT2D eigenvalue weighted by Gasteiger charge is 2.28. The number of ether oxygens (including phenoxy) is 1. The predicted octanol–water partition coefficient (Wildman–Crippen LogP) is 1.18. The van der Waals surface area contributed by atoms with Gasteiger partial charge in [0.15, 0.2) is 0 Å². The lowest BCUT2D eigenvalue weighted by molar-refractivity contribution is 0.0328. The van der Waals surface area contributed by atoms with Crippen molar-refractivity contribution in [3.05, 3.63) is 24.3 Å². The van der Waals surface area contributed by atoms with E-state index in [9.17, 15) is 8.42 Å². The van der Waals surface area contributed by atoms with E-state index in [-0.39, 0.29) is 4.90 Å². The normalized spacial score (nSPS) is 23.4. The van der Waals surface area contributed by atoms with Crippen LogP contribution in [-0.4, -0.2) is 34.7 Å². The first kappa shape index (κ1) is 13.3. The lowest BCUT2D eigenvalue weighted by Gasteiger charge is -2.35. The van der Waals surface area contributed by atoms with Crippen LogP contribution in [-0.2, 0) is 14.8 Å². The molecule has 1 saturated carbocycles. The third kappa shape index (κ3) is 2.82. The van der Waals surface area contributed by atoms with Crippen LogP contribution in [0, 0.1) is 0 Å². The van der Waals surface area contributed by atoms with Crippen molar-refractivity contribution in [1.82, 2.24) is 4.72 Å². The molecular weight excluding hydrogens is 252 g/mol. The molecule has 100 valence electrons. The molecule has 1 aliphatic rings. The number of nitrogens with one attached hydrogen (secondary N) is 2. The molecule has 2 N–H and O–H groups in total. The Labute approximate surface area is 108 Å². The van der Waals surface area contributed by atoms with Crippen molar-refractivity contribution in [3.63, 3.8) is 0 Å². The van der Waals surface area contributed by atoms with E-state index in [1.54, 1.807) is 25.3 Å². The van der Waals surface area contributed by atoms with E-state index in [0.29, 0.717) is 12.1 Å². The highest BCUT2D eigenvalue weighted by atomic mass is 32.2. The molecule has 0 amide bonds. The zero-order valence-corrected chi connectivity index (χ0v) is 11.3. The van der Waals surface area contributed by atoms with Crippen molar-refractivity contribution in [2.45, 2.75) is 29.9 Å². The first-order valence-electron chi connectivity index (χ1n) is 5.88. The zero-order valence-electron chi connectivity index (χ0n) is 10.5. The fourth-order valence-corrected chi connectivity index (χ4v) is 2.76. The number of rotatable bonds is 5. The minimum atomic E-state index is -3.38. The number of sulfonamides is 1. The van der Waals surface area contributed by atoms with Crippen LogP contribution in [0.15, 0.2) is 29.2 Å². The molecule has 0 saturated heterocycles. The van der Waals surface area contributed by atoms with E-state index in [1.807, 2.05) is 6.07 Å². The highest BCUT2D eigenvalue weighted by Crippen LogP contribution is 2.27. The van der Waals surface area contributed by atoms with Gasteiger partial charge in [0.05, 0.1) is 11.0 Å². The summed E-state index contributed by atoms with van der Waals surface area (Å²) in [6.45, 7) is 0. The van der Waals surface area contributed by atoms with Crippen molar-refractivity contribution in [3.8, 4) is 0 Å². The van der Waals surface area contributed by atoms with Gasteiger partial charge in [-0.3, -0.25) is 0 Å². The standard InChI is InChI=1S/C12H18N2O3S/c1-13-18(15,16)12-5-3-4-9(8-12)14-10-6-11(7-10)17-2/h3-5,8,10-11,13-14H,6-7H2,1-2H3. The first-order chi connectivity index (χ1) is 8.55. The topological polar surface area (TPSA) is 67.4 Å². The maximum atomic E-state index is 11.7. The van der Waals surface area contributed by atoms with Gasteiger partial charge in [0.2, 0.25) is 10.0 Å². The third-order valence-corrected chi connectivity index (χ3v) is 4.62. The molecule has 6 heteroatoms. The quantitative estimate of drug-likeness (QED) is 0.843. The van der Waals surface area contributed by atoms with Crippen molar-refractivity contribution in [2.75, 3.05) is 19.5 Å². The van der Waals surface area contributed by atoms with Crippen LogP contribution in [0.1, 0.15) is 12.8 Å². The fraction of sp³-hybridized carbons (Fsp3) is 0.500. The number of hydrogen-bond donors (Lipinski definition) is 2. The fourth-order valence-electron chi connectivity index (χ4n) is 1.98. The Morgan fingerprint density at radius 1 is 1.33 bits per heavy atom. The van der Waals surface area contributed by atoms with Gasteiger partial charge in [0.25, 0.3) is 0 Å². The molecule has 1 aromatic rings. The summed E-state index contributed by atoms with van der Waals surface area (Å²) in [7, 11) is -0.259. The Bertz CT molecular complexity index is 510. The number of benzene rings is 1. The Hall–Kier alpha value is -1.11. The first-order valence-corrected chi connectivity index (χ1v) is 7.36. The van der Waals surface area contributed by atoms with E-state index < -0.39 is 10.0 Å². The van der Waals surface area contributed by atoms with E-state index in [2.05, 4.69) is 10.0 Å². The van der Waals surface area contributed by atoms with E-state index >= 15 is 0 Å². The number of methoxy groups -OCH3 is 1. The summed E-state index contributed by atoms with van der Waals surface area (Å²) in [6.07, 6.45) is 2.24. The molecular formula is C12H18N2O3S. The molecule has 0 heterocycles. The van der Waals surface area contributed by atoms with E-state index in [4.69, 9.17) is 4.74 Å². The second kappa shape index (κ2) is 5.26. The SMILES string of the molecule is CNS(=O)(=O)c1cccc(NC2CC(OC)C2)c1. The average Bonchev–Trinajstić information content (AvgIpc) is 2.33. The molecule has 18 heavy (non-hydrogen) atoms. The zero-order chi connectivity index (χ0) is 13.2. The van der Waals surface area contributed by atoms with Crippen molar-refractivity contribution in [2.24, 2.45) is 0 Å². The summed E-state index contributed by atoms with van der Waals surface area (Å²) in [5.41, 5.74) is 0.825. The highest BCUT2D eigenvalue weighted by molar-refractivity contribution is 7.89. The van der Waals surface area contributed by atoms with Gasteiger partial charge in [0, 0.05) is 18.8 Å². The summed E-state index contributed by atoms with van der Waals surface area (Å²) in [6, 6.07) is 7.19. The minimum absolute atomic E-state index is 0.276. The van der Waals surface area contributed by atoms with Gasteiger partial charge < -0.3 is 10.1 Å². The average molecular weight is 270 g/mol. The second-order valence-electron chi connectivity index (χ2n) is 4.41. The number of anilines is 1. The minimum Gasteiger partial charge on any atom is -0.382 e. The molecule has 0 atom stereocenters. The summed E-state index contributed by atoms with van der Waals surface area (Å²) in [5.74, 6) is 0. The third-order valence-electron chi connectivity index (χ3n) is 3.21. The molecule has 5 nitrogen and oxygen atoms in total. The second-order valence-corrected chi connectivity index (χ2v) is 6.29. The van der Waals surface area contributed by atoms with Crippen molar-refractivity contribution < 1.29 is 13.2 Å². The summed E-state index contributed by atoms with van der Waals surface area (Å²) >= 11 is 0. The maximum Gasteiger partial charge on any atom is 0.240 e. The Kier molecular flexibility index (Phi) is 3.89. The molecule has 1 fully saturated rings. The summed E-state index contributed by atoms with van der Waals surface area (Å²) in [4.78, 5) is 0.276. The molecule has 0 bridgehead atoms. The molecule has 0 aromatic heterocycles. The van der Waals surface area contributed by atoms with Crippen LogP contribution < -0.4 is 10.0 Å². The van der Waals surface area contributed by atoms with Gasteiger partial charge in [-0.2, -0.15) is 0 Å². The van der Waals surface area contributed by atoms with Gasteiger partial charge in [-0.25, -0.2) is 13.1 Å².